The number of carbonyl (C=O) groups excluding carboxylic acids is 1. The average molecular weight is 363 g/mol. The molecule has 0 unspecified atom stereocenters. The molecule has 4 rings (SSSR count). The van der Waals surface area contributed by atoms with Gasteiger partial charge in [-0.25, -0.2) is 0 Å². The Labute approximate surface area is 158 Å². The molecule has 132 valence electrons. The minimum Gasteiger partial charge on any atom is -0.332 e. The maximum atomic E-state index is 13.3. The topological polar surface area (TPSA) is 44.7 Å². The number of para-hydroxylation sites is 2. The molecule has 0 bridgehead atoms. The van der Waals surface area contributed by atoms with Crippen LogP contribution in [0.2, 0.25) is 0 Å². The van der Waals surface area contributed by atoms with Gasteiger partial charge >= 0.3 is 0 Å². The number of fused-ring (bicyclic) bond motifs is 1. The van der Waals surface area contributed by atoms with E-state index in [2.05, 4.69) is 5.32 Å². The minimum atomic E-state index is -0.306. The van der Waals surface area contributed by atoms with Crippen molar-refractivity contribution in [2.75, 3.05) is 16.8 Å². The fraction of sp³-hybridized carbons (Fsp3) is 0.286. The van der Waals surface area contributed by atoms with Crippen molar-refractivity contribution in [2.24, 2.45) is 4.99 Å². The second-order valence-electron chi connectivity index (χ2n) is 6.65. The van der Waals surface area contributed by atoms with Crippen LogP contribution in [0.5, 0.6) is 0 Å². The molecule has 1 atom stereocenters. The Hall–Kier alpha value is -2.53. The number of anilines is 2. The molecular weight excluding hydrogens is 342 g/mol. The van der Waals surface area contributed by atoms with Crippen LogP contribution in [0.1, 0.15) is 37.2 Å². The average Bonchev–Trinajstić information content (AvgIpc) is 2.80. The molecule has 0 saturated carbocycles. The van der Waals surface area contributed by atoms with Gasteiger partial charge in [0.2, 0.25) is 5.91 Å². The van der Waals surface area contributed by atoms with E-state index in [0.717, 1.165) is 48.5 Å². The number of thiocarbonyl (C=S) groups is 1. The van der Waals surface area contributed by atoms with Gasteiger partial charge in [0, 0.05) is 17.9 Å². The highest BCUT2D eigenvalue weighted by Crippen LogP contribution is 2.39. The molecule has 1 N–H and O–H groups in total. The van der Waals surface area contributed by atoms with Crippen LogP contribution in [0.25, 0.3) is 0 Å². The van der Waals surface area contributed by atoms with E-state index in [9.17, 15) is 4.79 Å². The first-order valence-corrected chi connectivity index (χ1v) is 9.48. The van der Waals surface area contributed by atoms with Gasteiger partial charge in [0.15, 0.2) is 5.11 Å². The first-order valence-electron chi connectivity index (χ1n) is 9.08. The van der Waals surface area contributed by atoms with Crippen LogP contribution in [-0.2, 0) is 4.79 Å². The molecule has 2 aromatic carbocycles. The summed E-state index contributed by atoms with van der Waals surface area (Å²) in [5, 5.41) is 3.60. The van der Waals surface area contributed by atoms with Crippen LogP contribution in [0.15, 0.2) is 59.6 Å². The summed E-state index contributed by atoms with van der Waals surface area (Å²) in [5.41, 5.74) is 3.75. The van der Waals surface area contributed by atoms with Gasteiger partial charge in [-0.05, 0) is 55.2 Å². The van der Waals surface area contributed by atoms with Crippen LogP contribution in [0.4, 0.5) is 11.4 Å². The number of benzene rings is 2. The third-order valence-electron chi connectivity index (χ3n) is 4.92. The number of carbonyl (C=O) groups is 1. The van der Waals surface area contributed by atoms with Crippen molar-refractivity contribution >= 4 is 40.3 Å². The van der Waals surface area contributed by atoms with Gasteiger partial charge < -0.3 is 5.32 Å². The Balaban J connectivity index is 1.67. The van der Waals surface area contributed by atoms with Crippen LogP contribution in [0, 0.1) is 0 Å². The van der Waals surface area contributed by atoms with Crippen LogP contribution in [-0.4, -0.2) is 23.3 Å². The molecule has 2 aromatic rings. The van der Waals surface area contributed by atoms with Crippen molar-refractivity contribution in [3.8, 4) is 0 Å². The molecule has 2 aliphatic rings. The van der Waals surface area contributed by atoms with E-state index in [4.69, 9.17) is 17.2 Å². The Morgan fingerprint density at radius 3 is 2.65 bits per heavy atom. The summed E-state index contributed by atoms with van der Waals surface area (Å²) in [4.78, 5) is 19.7. The molecule has 5 heteroatoms. The molecule has 0 fully saturated rings. The summed E-state index contributed by atoms with van der Waals surface area (Å²) in [6, 6.07) is 17.6. The highest BCUT2D eigenvalue weighted by atomic mass is 32.1. The summed E-state index contributed by atoms with van der Waals surface area (Å²) in [6.45, 7) is 0.813. The smallest absolute Gasteiger partial charge is 0.246 e. The molecule has 4 nitrogen and oxygen atoms in total. The predicted molar refractivity (Wildman–Crippen MR) is 110 cm³/mol. The number of nitrogens with one attached hydrogen (secondary N) is 1. The Bertz CT molecular complexity index is 863. The van der Waals surface area contributed by atoms with Gasteiger partial charge in [0.25, 0.3) is 0 Å². The third-order valence-corrected chi connectivity index (χ3v) is 5.21. The maximum absolute atomic E-state index is 13.3. The number of rotatable bonds is 2. The number of hydrogen-bond acceptors (Lipinski definition) is 3. The van der Waals surface area contributed by atoms with Crippen molar-refractivity contribution in [1.82, 2.24) is 0 Å². The van der Waals surface area contributed by atoms with Crippen molar-refractivity contribution in [3.05, 3.63) is 60.2 Å². The lowest BCUT2D eigenvalue weighted by Gasteiger charge is -2.20. The van der Waals surface area contributed by atoms with E-state index in [-0.39, 0.29) is 11.8 Å². The van der Waals surface area contributed by atoms with Gasteiger partial charge in [-0.15, -0.1) is 0 Å². The molecule has 26 heavy (non-hydrogen) atoms. The molecule has 0 radical (unpaired) electrons. The maximum Gasteiger partial charge on any atom is 0.246 e. The third kappa shape index (κ3) is 3.15. The number of aliphatic imine (C=N–C) groups is 1. The van der Waals surface area contributed by atoms with Gasteiger partial charge in [0.05, 0.1) is 5.69 Å². The first-order chi connectivity index (χ1) is 12.8. The Morgan fingerprint density at radius 1 is 1.04 bits per heavy atom. The summed E-state index contributed by atoms with van der Waals surface area (Å²) in [6.07, 6.45) is 4.26. The fourth-order valence-electron chi connectivity index (χ4n) is 3.68. The lowest BCUT2D eigenvalue weighted by atomic mass is 9.92. The van der Waals surface area contributed by atoms with E-state index in [1.807, 2.05) is 54.6 Å². The number of nitrogens with zero attached hydrogens (tertiary/aromatic N) is 2. The summed E-state index contributed by atoms with van der Waals surface area (Å²) in [7, 11) is 0. The fourth-order valence-corrected chi connectivity index (χ4v) is 3.99. The normalized spacial score (nSPS) is 19.5. The van der Waals surface area contributed by atoms with Crippen molar-refractivity contribution < 1.29 is 4.79 Å². The van der Waals surface area contributed by atoms with E-state index >= 15 is 0 Å². The lowest BCUT2D eigenvalue weighted by Crippen LogP contribution is -2.39. The molecule has 2 heterocycles. The second kappa shape index (κ2) is 7.38. The highest BCUT2D eigenvalue weighted by Gasteiger charge is 2.41. The molecule has 0 aliphatic carbocycles. The van der Waals surface area contributed by atoms with Crippen LogP contribution in [0.3, 0.4) is 0 Å². The highest BCUT2D eigenvalue weighted by molar-refractivity contribution is 7.80. The largest absolute Gasteiger partial charge is 0.332 e. The van der Waals surface area contributed by atoms with Gasteiger partial charge in [-0.2, -0.15) is 0 Å². The molecule has 1 amide bonds. The molecular formula is C21H21N3OS. The Morgan fingerprint density at radius 2 is 1.81 bits per heavy atom. The minimum absolute atomic E-state index is 0.000260. The van der Waals surface area contributed by atoms with Crippen LogP contribution >= 0.6 is 12.2 Å². The molecule has 0 saturated heterocycles. The lowest BCUT2D eigenvalue weighted by molar-refractivity contribution is -0.117. The zero-order valence-electron chi connectivity index (χ0n) is 14.5. The monoisotopic (exact) mass is 363 g/mol. The standard InChI is InChI=1S/C21H21N3OS/c25-20-19(17-12-5-2-8-14-22-17)16-11-6-7-13-18(16)24(20)21(26)23-15-9-3-1-4-10-15/h1,3-4,6-7,9-11,13,19H,2,5,8,12,14H2,(H,23,26)/t19-/m0/s1. The number of amides is 1. The number of hydrogen-bond donors (Lipinski definition) is 1. The van der Waals surface area contributed by atoms with E-state index in [0.29, 0.717) is 5.11 Å². The zero-order valence-corrected chi connectivity index (χ0v) is 15.3. The van der Waals surface area contributed by atoms with E-state index in [1.165, 1.54) is 6.42 Å². The summed E-state index contributed by atoms with van der Waals surface area (Å²) >= 11 is 5.58. The summed E-state index contributed by atoms with van der Waals surface area (Å²) in [5.74, 6) is -0.305. The van der Waals surface area contributed by atoms with Crippen molar-refractivity contribution in [1.29, 1.82) is 0 Å². The zero-order chi connectivity index (χ0) is 17.9. The van der Waals surface area contributed by atoms with Gasteiger partial charge in [-0.3, -0.25) is 14.7 Å². The van der Waals surface area contributed by atoms with E-state index in [1.54, 1.807) is 4.90 Å². The summed E-state index contributed by atoms with van der Waals surface area (Å²) < 4.78 is 0. The SMILES string of the molecule is O=C1[C@H](C2=NCCCCC2)c2ccccc2N1C(=S)Nc1ccccc1. The van der Waals surface area contributed by atoms with Gasteiger partial charge in [0.1, 0.15) is 5.92 Å². The van der Waals surface area contributed by atoms with Crippen molar-refractivity contribution in [2.45, 2.75) is 31.6 Å². The second-order valence-corrected chi connectivity index (χ2v) is 7.03. The Kier molecular flexibility index (Phi) is 4.80. The van der Waals surface area contributed by atoms with Crippen molar-refractivity contribution in [3.63, 3.8) is 0 Å². The van der Waals surface area contributed by atoms with Gasteiger partial charge in [-0.1, -0.05) is 42.8 Å². The first kappa shape index (κ1) is 16.9. The molecule has 2 aliphatic heterocycles. The van der Waals surface area contributed by atoms with Crippen LogP contribution < -0.4 is 10.2 Å². The molecule has 0 aromatic heterocycles. The quantitative estimate of drug-likeness (QED) is 0.798. The molecule has 0 spiro atoms. The predicted octanol–water partition coefficient (Wildman–Crippen LogP) is 4.53. The van der Waals surface area contributed by atoms with E-state index < -0.39 is 0 Å².